The van der Waals surface area contributed by atoms with Crippen molar-refractivity contribution in [3.8, 4) is 0 Å². The molecule has 2 aromatic carbocycles. The molecule has 1 N–H and O–H groups in total. The van der Waals surface area contributed by atoms with Crippen LogP contribution in [0.3, 0.4) is 0 Å². The third-order valence-electron chi connectivity index (χ3n) is 6.88. The molecule has 2 heterocycles. The zero-order valence-corrected chi connectivity index (χ0v) is 19.9. The van der Waals surface area contributed by atoms with Gasteiger partial charge in [0.05, 0.1) is 5.71 Å². The predicted molar refractivity (Wildman–Crippen MR) is 137 cm³/mol. The SMILES string of the molecule is O=C(NC1CCCCC1)N1CCC2(CC1)N=C(SCc1ccccc1)C(c1ccccc1)=N2. The van der Waals surface area contributed by atoms with E-state index >= 15 is 0 Å². The molecule has 1 saturated carbocycles. The number of likely N-dealkylation sites (tertiary alicyclic amines) is 1. The molecule has 2 amide bonds. The molecule has 0 unspecified atom stereocenters. The number of nitrogens with one attached hydrogen (secondary N) is 1. The molecule has 5 rings (SSSR count). The summed E-state index contributed by atoms with van der Waals surface area (Å²) in [6, 6.07) is 21.3. The molecule has 2 aliphatic heterocycles. The Kier molecular flexibility index (Phi) is 6.81. The summed E-state index contributed by atoms with van der Waals surface area (Å²) in [4.78, 5) is 25.1. The molecule has 1 saturated heterocycles. The van der Waals surface area contributed by atoms with E-state index in [-0.39, 0.29) is 6.03 Å². The van der Waals surface area contributed by atoms with E-state index in [1.54, 1.807) is 11.8 Å². The Labute approximate surface area is 200 Å². The molecule has 172 valence electrons. The Morgan fingerprint density at radius 2 is 1.61 bits per heavy atom. The molecule has 1 aliphatic carbocycles. The Hall–Kier alpha value is -2.60. The highest BCUT2D eigenvalue weighted by Crippen LogP contribution is 2.36. The van der Waals surface area contributed by atoms with Gasteiger partial charge in [-0.3, -0.25) is 4.99 Å². The van der Waals surface area contributed by atoms with Crippen molar-refractivity contribution in [3.05, 3.63) is 71.8 Å². The number of hydrogen-bond acceptors (Lipinski definition) is 4. The van der Waals surface area contributed by atoms with Gasteiger partial charge in [0.25, 0.3) is 0 Å². The van der Waals surface area contributed by atoms with E-state index in [2.05, 4.69) is 53.8 Å². The van der Waals surface area contributed by atoms with Gasteiger partial charge in [-0.1, -0.05) is 91.7 Å². The van der Waals surface area contributed by atoms with Gasteiger partial charge in [0.2, 0.25) is 0 Å². The molecular weight excluding hydrogens is 428 g/mol. The van der Waals surface area contributed by atoms with Crippen LogP contribution in [0.2, 0.25) is 0 Å². The summed E-state index contributed by atoms with van der Waals surface area (Å²) in [6.07, 6.45) is 7.52. The topological polar surface area (TPSA) is 57.1 Å². The molecule has 0 aromatic heterocycles. The van der Waals surface area contributed by atoms with Crippen LogP contribution in [0, 0.1) is 0 Å². The Balaban J connectivity index is 1.28. The molecular formula is C27H32N4OS. The van der Waals surface area contributed by atoms with Crippen LogP contribution in [-0.4, -0.2) is 46.5 Å². The monoisotopic (exact) mass is 460 g/mol. The van der Waals surface area contributed by atoms with Crippen LogP contribution >= 0.6 is 11.8 Å². The third-order valence-corrected chi connectivity index (χ3v) is 7.92. The smallest absolute Gasteiger partial charge is 0.317 e. The maximum atomic E-state index is 12.8. The van der Waals surface area contributed by atoms with Gasteiger partial charge in [-0.15, -0.1) is 0 Å². The number of benzene rings is 2. The van der Waals surface area contributed by atoms with Crippen LogP contribution in [-0.2, 0) is 5.75 Å². The van der Waals surface area contributed by atoms with Gasteiger partial charge in [-0.25, -0.2) is 9.79 Å². The van der Waals surface area contributed by atoms with Crippen LogP contribution in [0.1, 0.15) is 56.1 Å². The van der Waals surface area contributed by atoms with Crippen LogP contribution < -0.4 is 5.32 Å². The highest BCUT2D eigenvalue weighted by Gasteiger charge is 2.40. The van der Waals surface area contributed by atoms with Gasteiger partial charge in [0, 0.05) is 43.3 Å². The van der Waals surface area contributed by atoms with Gasteiger partial charge in [-0.2, -0.15) is 0 Å². The first-order valence-electron chi connectivity index (χ1n) is 12.2. The lowest BCUT2D eigenvalue weighted by molar-refractivity contribution is 0.158. The number of amides is 2. The summed E-state index contributed by atoms with van der Waals surface area (Å²) in [6.45, 7) is 1.40. The van der Waals surface area contributed by atoms with E-state index in [9.17, 15) is 4.79 Å². The second-order valence-corrected chi connectivity index (χ2v) is 10.2. The fourth-order valence-electron chi connectivity index (χ4n) is 4.94. The third kappa shape index (κ3) is 5.32. The molecule has 0 bridgehead atoms. The lowest BCUT2D eigenvalue weighted by Gasteiger charge is -2.36. The second-order valence-electron chi connectivity index (χ2n) is 9.27. The van der Waals surface area contributed by atoms with Gasteiger partial charge >= 0.3 is 6.03 Å². The number of thioether (sulfide) groups is 1. The van der Waals surface area contributed by atoms with Crippen molar-refractivity contribution in [1.29, 1.82) is 0 Å². The molecule has 5 nitrogen and oxygen atoms in total. The first kappa shape index (κ1) is 22.2. The molecule has 3 aliphatic rings. The van der Waals surface area contributed by atoms with Gasteiger partial charge in [-0.05, 0) is 18.4 Å². The average Bonchev–Trinajstić information content (AvgIpc) is 3.23. The van der Waals surface area contributed by atoms with Crippen molar-refractivity contribution in [2.45, 2.75) is 62.4 Å². The highest BCUT2D eigenvalue weighted by atomic mass is 32.2. The van der Waals surface area contributed by atoms with Gasteiger partial charge in [0.15, 0.2) is 5.66 Å². The summed E-state index contributed by atoms with van der Waals surface area (Å²) >= 11 is 1.76. The van der Waals surface area contributed by atoms with Crippen molar-refractivity contribution in [2.75, 3.05) is 13.1 Å². The first-order valence-corrected chi connectivity index (χ1v) is 13.2. The van der Waals surface area contributed by atoms with Crippen LogP contribution in [0.15, 0.2) is 70.6 Å². The number of hydrogen-bond donors (Lipinski definition) is 1. The standard InChI is InChI=1S/C27H32N4OS/c32-26(28-23-14-8-3-9-15-23)31-18-16-27(17-19-31)29-24(22-12-6-2-7-13-22)25(30-27)33-20-21-10-4-1-5-11-21/h1-2,4-7,10-13,23H,3,8-9,14-20H2,(H,28,32). The quantitative estimate of drug-likeness (QED) is 0.640. The largest absolute Gasteiger partial charge is 0.335 e. The Morgan fingerprint density at radius 3 is 2.30 bits per heavy atom. The molecule has 2 aromatic rings. The van der Waals surface area contributed by atoms with Crippen molar-refractivity contribution < 1.29 is 4.79 Å². The average molecular weight is 461 g/mol. The number of piperidine rings is 1. The zero-order valence-electron chi connectivity index (χ0n) is 19.1. The summed E-state index contributed by atoms with van der Waals surface area (Å²) in [7, 11) is 0. The van der Waals surface area contributed by atoms with E-state index in [1.165, 1.54) is 24.8 Å². The molecule has 2 fully saturated rings. The van der Waals surface area contributed by atoms with Crippen molar-refractivity contribution in [1.82, 2.24) is 10.2 Å². The molecule has 33 heavy (non-hydrogen) atoms. The van der Waals surface area contributed by atoms with E-state index in [4.69, 9.17) is 9.98 Å². The lowest BCUT2D eigenvalue weighted by atomic mass is 9.95. The minimum absolute atomic E-state index is 0.0877. The van der Waals surface area contributed by atoms with Crippen molar-refractivity contribution >= 4 is 28.5 Å². The lowest BCUT2D eigenvalue weighted by Crippen LogP contribution is -2.51. The number of rotatable bonds is 4. The van der Waals surface area contributed by atoms with E-state index in [0.717, 1.165) is 47.8 Å². The fourth-order valence-corrected chi connectivity index (χ4v) is 5.97. The van der Waals surface area contributed by atoms with E-state index in [1.807, 2.05) is 17.0 Å². The van der Waals surface area contributed by atoms with Gasteiger partial charge in [0.1, 0.15) is 5.04 Å². The minimum atomic E-state index is -0.439. The number of carbonyl (C=O) groups excluding carboxylic acids is 1. The van der Waals surface area contributed by atoms with E-state index < -0.39 is 5.66 Å². The number of carbonyl (C=O) groups is 1. The number of aliphatic imine (C=N–C) groups is 2. The summed E-state index contributed by atoms with van der Waals surface area (Å²) in [5.74, 6) is 0.873. The molecule has 0 atom stereocenters. The second kappa shape index (κ2) is 10.1. The fraction of sp³-hybridized carbons (Fsp3) is 0.444. The van der Waals surface area contributed by atoms with Crippen molar-refractivity contribution in [3.63, 3.8) is 0 Å². The first-order chi connectivity index (χ1) is 16.2. The maximum absolute atomic E-state index is 12.8. The molecule has 1 spiro atoms. The zero-order chi connectivity index (χ0) is 22.5. The number of urea groups is 1. The summed E-state index contributed by atoms with van der Waals surface area (Å²) < 4.78 is 0. The van der Waals surface area contributed by atoms with Crippen LogP contribution in [0.25, 0.3) is 0 Å². The van der Waals surface area contributed by atoms with Crippen LogP contribution in [0.5, 0.6) is 0 Å². The highest BCUT2D eigenvalue weighted by molar-refractivity contribution is 8.15. The Morgan fingerprint density at radius 1 is 0.939 bits per heavy atom. The number of nitrogens with zero attached hydrogens (tertiary/aromatic N) is 3. The summed E-state index contributed by atoms with van der Waals surface area (Å²) in [5, 5.41) is 4.28. The minimum Gasteiger partial charge on any atom is -0.335 e. The maximum Gasteiger partial charge on any atom is 0.317 e. The molecule has 0 radical (unpaired) electrons. The predicted octanol–water partition coefficient (Wildman–Crippen LogP) is 5.66. The van der Waals surface area contributed by atoms with E-state index in [0.29, 0.717) is 19.1 Å². The van der Waals surface area contributed by atoms with Crippen LogP contribution in [0.4, 0.5) is 4.79 Å². The van der Waals surface area contributed by atoms with Crippen molar-refractivity contribution in [2.24, 2.45) is 9.98 Å². The molecule has 6 heteroatoms. The van der Waals surface area contributed by atoms with Gasteiger partial charge < -0.3 is 10.2 Å². The summed E-state index contributed by atoms with van der Waals surface area (Å²) in [5.41, 5.74) is 2.96. The normalized spacial score (nSPS) is 20.4. The Bertz CT molecular complexity index is 1010.